The fraction of sp³-hybridized carbons (Fsp3) is 0.407. The molecule has 3 N–H and O–H groups in total. The summed E-state index contributed by atoms with van der Waals surface area (Å²) in [5.41, 5.74) is 1.64. The molecule has 1 saturated heterocycles. The Morgan fingerprint density at radius 2 is 2.06 bits per heavy atom. The van der Waals surface area contributed by atoms with Crippen LogP contribution in [0.2, 0.25) is 0 Å². The maximum atomic E-state index is 14.5. The summed E-state index contributed by atoms with van der Waals surface area (Å²) in [6.45, 7) is 2.64. The number of hydrogen-bond acceptors (Lipinski definition) is 5. The van der Waals surface area contributed by atoms with Crippen molar-refractivity contribution in [2.75, 3.05) is 20.2 Å². The number of nitrogens with zero attached hydrogens (tertiary/aromatic N) is 2. The number of aromatic amines is 1. The van der Waals surface area contributed by atoms with Gasteiger partial charge in [-0.3, -0.25) is 14.6 Å². The first-order valence-electron chi connectivity index (χ1n) is 12.4. The summed E-state index contributed by atoms with van der Waals surface area (Å²) in [4.78, 5) is 33.9. The molecule has 0 radical (unpaired) electrons. The van der Waals surface area contributed by atoms with Gasteiger partial charge in [0.1, 0.15) is 17.3 Å². The van der Waals surface area contributed by atoms with Crippen LogP contribution in [0.3, 0.4) is 0 Å². The smallest absolute Gasteiger partial charge is 0.328 e. The van der Waals surface area contributed by atoms with Crippen LogP contribution in [-0.4, -0.2) is 63.6 Å². The first-order valence-corrected chi connectivity index (χ1v) is 12.4. The third-order valence-electron chi connectivity index (χ3n) is 8.00. The van der Waals surface area contributed by atoms with E-state index in [1.807, 2.05) is 6.07 Å². The SMILES string of the molecule is COc1cc2c3c([nH]c2cc1F)C(c1cccc(O)c1)N1C(=O)N(CCNC2CCC2)C(=O)C1(C)C3. The zero-order valence-corrected chi connectivity index (χ0v) is 20.3. The van der Waals surface area contributed by atoms with Crippen molar-refractivity contribution in [2.45, 2.75) is 50.2 Å². The fourth-order valence-electron chi connectivity index (χ4n) is 5.90. The zero-order chi connectivity index (χ0) is 25.2. The fourth-order valence-corrected chi connectivity index (χ4v) is 5.90. The monoisotopic (exact) mass is 492 g/mol. The number of halogens is 1. The first-order chi connectivity index (χ1) is 17.3. The lowest BCUT2D eigenvalue weighted by Gasteiger charge is -2.42. The first kappa shape index (κ1) is 22.8. The lowest BCUT2D eigenvalue weighted by molar-refractivity contribution is -0.133. The summed E-state index contributed by atoms with van der Waals surface area (Å²) in [5, 5.41) is 14.4. The molecule has 2 fully saturated rings. The minimum Gasteiger partial charge on any atom is -0.508 e. The van der Waals surface area contributed by atoms with E-state index in [1.165, 1.54) is 24.5 Å². The lowest BCUT2D eigenvalue weighted by atomic mass is 9.81. The number of H-pyrrole nitrogens is 1. The van der Waals surface area contributed by atoms with Crippen molar-refractivity contribution in [2.24, 2.45) is 0 Å². The van der Waals surface area contributed by atoms with Crippen molar-refractivity contribution >= 4 is 22.8 Å². The van der Waals surface area contributed by atoms with Crippen LogP contribution < -0.4 is 10.1 Å². The molecule has 6 rings (SSSR count). The Morgan fingerprint density at radius 1 is 1.25 bits per heavy atom. The summed E-state index contributed by atoms with van der Waals surface area (Å²) in [6.07, 6.45) is 3.73. The Labute approximate surface area is 208 Å². The van der Waals surface area contributed by atoms with Crippen molar-refractivity contribution in [3.05, 3.63) is 59.0 Å². The van der Waals surface area contributed by atoms with E-state index in [4.69, 9.17) is 4.74 Å². The van der Waals surface area contributed by atoms with Gasteiger partial charge >= 0.3 is 6.03 Å². The van der Waals surface area contributed by atoms with E-state index in [-0.39, 0.29) is 29.9 Å². The number of phenolic OH excluding ortho intramolecular Hbond substituents is 1. The maximum absolute atomic E-state index is 14.5. The molecule has 2 atom stereocenters. The highest BCUT2D eigenvalue weighted by Gasteiger charge is 2.60. The number of aromatic hydroxyl groups is 1. The summed E-state index contributed by atoms with van der Waals surface area (Å²) >= 11 is 0. The second-order valence-electron chi connectivity index (χ2n) is 10.2. The molecule has 3 aromatic rings. The summed E-state index contributed by atoms with van der Waals surface area (Å²) in [5.74, 6) is -0.573. The van der Waals surface area contributed by atoms with Crippen LogP contribution in [0.25, 0.3) is 10.9 Å². The topological polar surface area (TPSA) is 97.9 Å². The Hall–Kier alpha value is -3.59. The molecule has 1 aliphatic carbocycles. The van der Waals surface area contributed by atoms with E-state index in [2.05, 4.69) is 10.3 Å². The number of amides is 3. The van der Waals surface area contributed by atoms with Gasteiger partial charge in [-0.05, 0) is 49.1 Å². The van der Waals surface area contributed by atoms with Gasteiger partial charge in [0.25, 0.3) is 5.91 Å². The van der Waals surface area contributed by atoms with Gasteiger partial charge in [0.05, 0.1) is 7.11 Å². The van der Waals surface area contributed by atoms with Gasteiger partial charge in [-0.2, -0.15) is 0 Å². The van der Waals surface area contributed by atoms with Crippen LogP contribution in [0.15, 0.2) is 36.4 Å². The van der Waals surface area contributed by atoms with E-state index < -0.39 is 17.4 Å². The van der Waals surface area contributed by atoms with Crippen LogP contribution in [-0.2, 0) is 11.2 Å². The Kier molecular flexibility index (Phi) is 5.22. The molecule has 36 heavy (non-hydrogen) atoms. The second kappa shape index (κ2) is 8.23. The normalized spacial score (nSPS) is 23.7. The predicted octanol–water partition coefficient (Wildman–Crippen LogP) is 3.83. The van der Waals surface area contributed by atoms with Crippen LogP contribution in [0.1, 0.15) is 49.0 Å². The number of urea groups is 1. The number of phenols is 1. The number of hydrogen-bond donors (Lipinski definition) is 3. The van der Waals surface area contributed by atoms with E-state index in [1.54, 1.807) is 36.1 Å². The highest BCUT2D eigenvalue weighted by Crippen LogP contribution is 2.49. The molecule has 3 heterocycles. The van der Waals surface area contributed by atoms with Gasteiger partial charge < -0.3 is 20.1 Å². The molecule has 2 aromatic carbocycles. The average molecular weight is 493 g/mol. The van der Waals surface area contributed by atoms with Gasteiger partial charge in [-0.15, -0.1) is 0 Å². The molecule has 0 bridgehead atoms. The summed E-state index contributed by atoms with van der Waals surface area (Å²) in [7, 11) is 1.41. The standard InChI is InChI=1S/C27H29FN4O4/c1-27-14-19-18-12-22(36-2)20(28)13-21(18)30-23(19)24(15-5-3-8-17(33)11-15)32(27)26(35)31(25(27)34)10-9-29-16-6-4-7-16/h3,5,8,11-13,16,24,29-30,33H,4,6-7,9-10,14H2,1-2H3. The molecule has 3 aliphatic rings. The van der Waals surface area contributed by atoms with Crippen molar-refractivity contribution in [1.82, 2.24) is 20.1 Å². The van der Waals surface area contributed by atoms with Crippen LogP contribution in [0, 0.1) is 5.82 Å². The van der Waals surface area contributed by atoms with Gasteiger partial charge in [0.2, 0.25) is 0 Å². The molecule has 2 unspecified atom stereocenters. The largest absolute Gasteiger partial charge is 0.508 e. The zero-order valence-electron chi connectivity index (χ0n) is 20.3. The van der Waals surface area contributed by atoms with Crippen LogP contribution >= 0.6 is 0 Å². The number of nitrogens with one attached hydrogen (secondary N) is 2. The molecular formula is C27H29FN4O4. The minimum atomic E-state index is -1.13. The molecule has 188 valence electrons. The number of ether oxygens (including phenoxy) is 1. The number of fused-ring (bicyclic) bond motifs is 4. The highest BCUT2D eigenvalue weighted by molar-refractivity contribution is 6.08. The molecule has 2 aliphatic heterocycles. The van der Waals surface area contributed by atoms with Crippen molar-refractivity contribution in [3.8, 4) is 11.5 Å². The molecule has 0 spiro atoms. The summed E-state index contributed by atoms with van der Waals surface area (Å²) < 4.78 is 19.8. The van der Waals surface area contributed by atoms with E-state index >= 15 is 0 Å². The highest BCUT2D eigenvalue weighted by atomic mass is 19.1. The van der Waals surface area contributed by atoms with Crippen LogP contribution in [0.4, 0.5) is 9.18 Å². The minimum absolute atomic E-state index is 0.0599. The van der Waals surface area contributed by atoms with E-state index in [0.717, 1.165) is 23.8 Å². The van der Waals surface area contributed by atoms with Crippen LogP contribution in [0.5, 0.6) is 11.5 Å². The molecule has 9 heteroatoms. The maximum Gasteiger partial charge on any atom is 0.328 e. The third kappa shape index (κ3) is 3.29. The molecular weight excluding hydrogens is 463 g/mol. The van der Waals surface area contributed by atoms with Crippen molar-refractivity contribution in [3.63, 3.8) is 0 Å². The van der Waals surface area contributed by atoms with Gasteiger partial charge in [0, 0.05) is 48.2 Å². The van der Waals surface area contributed by atoms with Crippen molar-refractivity contribution in [1.29, 1.82) is 0 Å². The third-order valence-corrected chi connectivity index (χ3v) is 8.00. The number of carbonyl (C=O) groups excluding carboxylic acids is 2. The molecule has 1 saturated carbocycles. The van der Waals surface area contributed by atoms with Crippen molar-refractivity contribution < 1.29 is 23.8 Å². The van der Waals surface area contributed by atoms with E-state index in [0.29, 0.717) is 35.9 Å². The number of methoxy groups -OCH3 is 1. The summed E-state index contributed by atoms with van der Waals surface area (Å²) in [6, 6.07) is 9.15. The number of aromatic nitrogens is 1. The van der Waals surface area contributed by atoms with Gasteiger partial charge in [-0.25, -0.2) is 9.18 Å². The number of benzene rings is 2. The Morgan fingerprint density at radius 3 is 2.75 bits per heavy atom. The quantitative estimate of drug-likeness (QED) is 0.455. The lowest BCUT2D eigenvalue weighted by Crippen LogP contribution is -2.53. The van der Waals surface area contributed by atoms with Gasteiger partial charge in [0.15, 0.2) is 11.6 Å². The van der Waals surface area contributed by atoms with Gasteiger partial charge in [-0.1, -0.05) is 18.6 Å². The molecule has 8 nitrogen and oxygen atoms in total. The molecule has 1 aromatic heterocycles. The van der Waals surface area contributed by atoms with E-state index in [9.17, 15) is 19.1 Å². The predicted molar refractivity (Wildman–Crippen MR) is 131 cm³/mol. The number of imide groups is 1. The average Bonchev–Trinajstić information content (AvgIpc) is 3.25. The Bertz CT molecular complexity index is 1380. The number of carbonyl (C=O) groups is 2. The number of rotatable bonds is 6. The molecule has 3 amide bonds. The second-order valence-corrected chi connectivity index (χ2v) is 10.2. The Balaban J connectivity index is 1.46.